The average Bonchev–Trinajstić information content (AvgIpc) is 3.44. The van der Waals surface area contributed by atoms with Crippen LogP contribution in [0.25, 0.3) is 78.0 Å². The lowest BCUT2D eigenvalue weighted by atomic mass is 10.00. The fourth-order valence-electron chi connectivity index (χ4n) is 5.48. The van der Waals surface area contributed by atoms with Crippen LogP contribution in [0.15, 0.2) is 144 Å². The molecule has 0 N–H and O–H groups in total. The van der Waals surface area contributed by atoms with Gasteiger partial charge in [-0.3, -0.25) is 0 Å². The molecule has 0 radical (unpaired) electrons. The summed E-state index contributed by atoms with van der Waals surface area (Å²) >= 11 is 0. The summed E-state index contributed by atoms with van der Waals surface area (Å²) in [5.74, 6) is 1.88. The van der Waals surface area contributed by atoms with Gasteiger partial charge in [0.15, 0.2) is 17.5 Å². The summed E-state index contributed by atoms with van der Waals surface area (Å²) in [6, 6.07) is 47.6. The average molecular weight is 526 g/mol. The molecule has 0 saturated carbocycles. The molecule has 2 heterocycles. The number of nitrogens with zero attached hydrogens (tertiary/aromatic N) is 3. The monoisotopic (exact) mass is 525 g/mol. The zero-order valence-corrected chi connectivity index (χ0v) is 22.0. The van der Waals surface area contributed by atoms with Gasteiger partial charge in [-0.25, -0.2) is 15.0 Å². The Morgan fingerprint density at radius 3 is 1.83 bits per heavy atom. The Morgan fingerprint density at radius 1 is 0.390 bits per heavy atom. The van der Waals surface area contributed by atoms with Crippen molar-refractivity contribution in [1.82, 2.24) is 15.0 Å². The van der Waals surface area contributed by atoms with E-state index in [1.54, 1.807) is 0 Å². The highest BCUT2D eigenvalue weighted by Crippen LogP contribution is 2.36. The van der Waals surface area contributed by atoms with Crippen molar-refractivity contribution in [3.63, 3.8) is 0 Å². The topological polar surface area (TPSA) is 51.8 Å². The molecule has 6 aromatic carbocycles. The van der Waals surface area contributed by atoms with Gasteiger partial charge in [0.25, 0.3) is 0 Å². The molecule has 0 spiro atoms. The second-order valence-corrected chi connectivity index (χ2v) is 10.1. The van der Waals surface area contributed by atoms with Crippen LogP contribution >= 0.6 is 0 Å². The lowest BCUT2D eigenvalue weighted by molar-refractivity contribution is 0.669. The molecule has 2 aromatic heterocycles. The van der Waals surface area contributed by atoms with Gasteiger partial charge in [-0.05, 0) is 40.1 Å². The molecule has 192 valence electrons. The zero-order chi connectivity index (χ0) is 27.2. The number of rotatable bonds is 4. The van der Waals surface area contributed by atoms with Crippen LogP contribution in [0, 0.1) is 0 Å². The number of fused-ring (bicyclic) bond motifs is 4. The van der Waals surface area contributed by atoms with Gasteiger partial charge in [0.1, 0.15) is 11.2 Å². The third kappa shape index (κ3) is 4.14. The number of aromatic nitrogens is 3. The molecule has 0 bridgehead atoms. The maximum Gasteiger partial charge on any atom is 0.164 e. The van der Waals surface area contributed by atoms with Crippen molar-refractivity contribution in [2.75, 3.05) is 0 Å². The molecule has 41 heavy (non-hydrogen) atoms. The third-order valence-corrected chi connectivity index (χ3v) is 7.54. The molecule has 0 atom stereocenters. The van der Waals surface area contributed by atoms with Crippen molar-refractivity contribution < 1.29 is 4.42 Å². The lowest BCUT2D eigenvalue weighted by Crippen LogP contribution is -2.00. The number of hydrogen-bond donors (Lipinski definition) is 0. The van der Waals surface area contributed by atoms with Crippen molar-refractivity contribution in [2.45, 2.75) is 0 Å². The van der Waals surface area contributed by atoms with E-state index in [1.165, 1.54) is 16.3 Å². The third-order valence-electron chi connectivity index (χ3n) is 7.54. The Labute approximate surface area is 236 Å². The van der Waals surface area contributed by atoms with Crippen LogP contribution in [0.3, 0.4) is 0 Å². The molecule has 0 fully saturated rings. The Kier molecular flexibility index (Phi) is 5.42. The van der Waals surface area contributed by atoms with E-state index >= 15 is 0 Å². The summed E-state index contributed by atoms with van der Waals surface area (Å²) in [6.45, 7) is 0. The largest absolute Gasteiger partial charge is 0.456 e. The van der Waals surface area contributed by atoms with Crippen LogP contribution in [0.5, 0.6) is 0 Å². The van der Waals surface area contributed by atoms with Gasteiger partial charge in [0.05, 0.1) is 0 Å². The van der Waals surface area contributed by atoms with Crippen LogP contribution in [0.1, 0.15) is 0 Å². The first-order chi connectivity index (χ1) is 20.3. The van der Waals surface area contributed by atoms with Gasteiger partial charge in [-0.1, -0.05) is 121 Å². The minimum Gasteiger partial charge on any atom is -0.456 e. The Bertz CT molecular complexity index is 2200. The fraction of sp³-hybridized carbons (Fsp3) is 0. The van der Waals surface area contributed by atoms with E-state index in [0.717, 1.165) is 44.2 Å². The van der Waals surface area contributed by atoms with Crippen LogP contribution in [0.2, 0.25) is 0 Å². The predicted molar refractivity (Wildman–Crippen MR) is 166 cm³/mol. The second-order valence-electron chi connectivity index (χ2n) is 10.1. The molecule has 0 aliphatic heterocycles. The van der Waals surface area contributed by atoms with Gasteiger partial charge >= 0.3 is 0 Å². The Morgan fingerprint density at radius 2 is 1.00 bits per heavy atom. The zero-order valence-electron chi connectivity index (χ0n) is 22.0. The van der Waals surface area contributed by atoms with Crippen LogP contribution in [0.4, 0.5) is 0 Å². The molecule has 0 aliphatic rings. The predicted octanol–water partition coefficient (Wildman–Crippen LogP) is 9.59. The highest BCUT2D eigenvalue weighted by atomic mass is 16.3. The quantitative estimate of drug-likeness (QED) is 0.230. The number of furan rings is 1. The normalized spacial score (nSPS) is 11.4. The van der Waals surface area contributed by atoms with E-state index in [1.807, 2.05) is 60.7 Å². The highest BCUT2D eigenvalue weighted by molar-refractivity contribution is 6.11. The molecule has 0 aliphatic carbocycles. The van der Waals surface area contributed by atoms with E-state index in [9.17, 15) is 0 Å². The summed E-state index contributed by atoms with van der Waals surface area (Å²) in [5, 5.41) is 4.51. The molecule has 4 nitrogen and oxygen atoms in total. The van der Waals surface area contributed by atoms with Crippen molar-refractivity contribution in [3.8, 4) is 45.3 Å². The summed E-state index contributed by atoms with van der Waals surface area (Å²) in [7, 11) is 0. The molecular weight excluding hydrogens is 502 g/mol. The summed E-state index contributed by atoms with van der Waals surface area (Å²) in [4.78, 5) is 14.9. The molecule has 0 amide bonds. The van der Waals surface area contributed by atoms with Gasteiger partial charge in [-0.2, -0.15) is 0 Å². The van der Waals surface area contributed by atoms with E-state index in [0.29, 0.717) is 17.5 Å². The minimum atomic E-state index is 0.615. The molecule has 8 rings (SSSR count). The number of hydrogen-bond acceptors (Lipinski definition) is 4. The molecule has 8 aromatic rings. The molecule has 0 saturated heterocycles. The number of benzene rings is 6. The van der Waals surface area contributed by atoms with Crippen LogP contribution in [-0.2, 0) is 0 Å². The second kappa shape index (κ2) is 9.54. The first-order valence-corrected chi connectivity index (χ1v) is 13.6. The maximum absolute atomic E-state index is 6.16. The van der Waals surface area contributed by atoms with Gasteiger partial charge < -0.3 is 4.42 Å². The molecule has 4 heteroatoms. The van der Waals surface area contributed by atoms with Gasteiger partial charge in [0, 0.05) is 27.5 Å². The minimum absolute atomic E-state index is 0.615. The van der Waals surface area contributed by atoms with Crippen molar-refractivity contribution in [3.05, 3.63) is 140 Å². The van der Waals surface area contributed by atoms with Gasteiger partial charge in [-0.15, -0.1) is 0 Å². The van der Waals surface area contributed by atoms with Crippen molar-refractivity contribution in [2.24, 2.45) is 0 Å². The van der Waals surface area contributed by atoms with Crippen molar-refractivity contribution in [1.29, 1.82) is 0 Å². The molecular formula is C37H23N3O. The van der Waals surface area contributed by atoms with Crippen LogP contribution in [-0.4, -0.2) is 15.0 Å². The summed E-state index contributed by atoms with van der Waals surface area (Å²) in [5.41, 5.74) is 6.76. The molecule has 0 unspecified atom stereocenters. The highest BCUT2D eigenvalue weighted by Gasteiger charge is 2.17. The fourth-order valence-corrected chi connectivity index (χ4v) is 5.48. The number of para-hydroxylation sites is 1. The Balaban J connectivity index is 1.28. The smallest absolute Gasteiger partial charge is 0.164 e. The van der Waals surface area contributed by atoms with E-state index in [2.05, 4.69) is 78.9 Å². The Hall–Kier alpha value is -5.61. The van der Waals surface area contributed by atoms with E-state index < -0.39 is 0 Å². The maximum atomic E-state index is 6.16. The lowest BCUT2D eigenvalue weighted by Gasteiger charge is -2.10. The van der Waals surface area contributed by atoms with E-state index in [4.69, 9.17) is 19.4 Å². The van der Waals surface area contributed by atoms with Crippen LogP contribution < -0.4 is 0 Å². The SMILES string of the molecule is c1ccc(-c2nc(-c3ccc(-c4ccc5ccccc5c4)cc3)nc(-c3cccc4oc5ccccc5c34)n2)cc1. The first-order valence-electron chi connectivity index (χ1n) is 13.6. The summed E-state index contributed by atoms with van der Waals surface area (Å²) in [6.07, 6.45) is 0. The first kappa shape index (κ1) is 23.3. The summed E-state index contributed by atoms with van der Waals surface area (Å²) < 4.78 is 6.16. The van der Waals surface area contributed by atoms with E-state index in [-0.39, 0.29) is 0 Å². The van der Waals surface area contributed by atoms with Crippen molar-refractivity contribution >= 4 is 32.7 Å². The standard InChI is InChI=1S/C37H23N3O/c1-2-10-26(11-3-1)35-38-36(27-20-17-25(18-21-27)29-22-19-24-9-4-5-12-28(24)23-29)40-37(39-35)31-14-8-16-33-34(31)30-13-6-7-15-32(30)41-33/h1-23H. The van der Waals surface area contributed by atoms with Gasteiger partial charge in [0.2, 0.25) is 0 Å².